The average molecular weight is 354 g/mol. The quantitative estimate of drug-likeness (QED) is 0.659. The standard InChI is InChI=1S/C9H6BrClN2O4S/c1-17-9(14)8-5-2-4(18(11,15)16)3-6(10)7(5)12-13-8/h2-3H,1H3,(H,12,13). The highest BCUT2D eigenvalue weighted by Crippen LogP contribution is 2.30. The normalized spacial score (nSPS) is 11.7. The van der Waals surface area contributed by atoms with Crippen molar-refractivity contribution in [3.05, 3.63) is 22.3 Å². The number of nitrogens with zero attached hydrogens (tertiary/aromatic N) is 1. The summed E-state index contributed by atoms with van der Waals surface area (Å²) in [5, 5.41) is 6.71. The summed E-state index contributed by atoms with van der Waals surface area (Å²) in [7, 11) is 2.58. The Morgan fingerprint density at radius 2 is 2.17 bits per heavy atom. The first-order chi connectivity index (χ1) is 8.34. The Kier molecular flexibility index (Phi) is 3.35. The van der Waals surface area contributed by atoms with Crippen LogP contribution in [0.2, 0.25) is 0 Å². The maximum Gasteiger partial charge on any atom is 0.359 e. The van der Waals surface area contributed by atoms with Crippen LogP contribution in [0.3, 0.4) is 0 Å². The lowest BCUT2D eigenvalue weighted by Gasteiger charge is -2.00. The monoisotopic (exact) mass is 352 g/mol. The van der Waals surface area contributed by atoms with Gasteiger partial charge in [-0.3, -0.25) is 5.10 Å². The van der Waals surface area contributed by atoms with Crippen LogP contribution < -0.4 is 0 Å². The molecule has 1 heterocycles. The molecule has 1 aromatic heterocycles. The molecule has 96 valence electrons. The van der Waals surface area contributed by atoms with Crippen LogP contribution in [0.25, 0.3) is 10.9 Å². The van der Waals surface area contributed by atoms with Gasteiger partial charge in [0.15, 0.2) is 5.69 Å². The van der Waals surface area contributed by atoms with E-state index in [-0.39, 0.29) is 10.6 Å². The molecule has 2 aromatic rings. The Bertz CT molecular complexity index is 740. The minimum absolute atomic E-state index is 0.00429. The molecule has 1 aromatic carbocycles. The number of hydrogen-bond donors (Lipinski definition) is 1. The van der Waals surface area contributed by atoms with Gasteiger partial charge in [-0.2, -0.15) is 5.10 Å². The fourth-order valence-corrected chi connectivity index (χ4v) is 2.93. The predicted molar refractivity (Wildman–Crippen MR) is 68.2 cm³/mol. The number of H-pyrrole nitrogens is 1. The summed E-state index contributed by atoms with van der Waals surface area (Å²) in [5.41, 5.74) is 0.481. The van der Waals surface area contributed by atoms with Gasteiger partial charge in [0.1, 0.15) is 0 Å². The molecule has 0 fully saturated rings. The Morgan fingerprint density at radius 1 is 1.50 bits per heavy atom. The van der Waals surface area contributed by atoms with Gasteiger partial charge in [0.05, 0.1) is 17.5 Å². The fraction of sp³-hybridized carbons (Fsp3) is 0.111. The summed E-state index contributed by atoms with van der Waals surface area (Å²) in [6.07, 6.45) is 0. The van der Waals surface area contributed by atoms with Gasteiger partial charge >= 0.3 is 5.97 Å². The Hall–Kier alpha value is -1.12. The summed E-state index contributed by atoms with van der Waals surface area (Å²) >= 11 is 3.18. The largest absolute Gasteiger partial charge is 0.464 e. The lowest BCUT2D eigenvalue weighted by molar-refractivity contribution is 0.0596. The molecule has 0 unspecified atom stereocenters. The van der Waals surface area contributed by atoms with E-state index in [0.29, 0.717) is 15.4 Å². The van der Waals surface area contributed by atoms with E-state index < -0.39 is 15.0 Å². The number of carbonyl (C=O) groups excluding carboxylic acids is 1. The lowest BCUT2D eigenvalue weighted by atomic mass is 10.2. The summed E-state index contributed by atoms with van der Waals surface area (Å²) in [6, 6.07) is 2.59. The van der Waals surface area contributed by atoms with Crippen LogP contribution in [0.4, 0.5) is 0 Å². The van der Waals surface area contributed by atoms with Crippen LogP contribution in [0.5, 0.6) is 0 Å². The highest BCUT2D eigenvalue weighted by Gasteiger charge is 2.20. The number of benzene rings is 1. The third-order valence-electron chi connectivity index (χ3n) is 2.26. The first kappa shape index (κ1) is 13.3. The summed E-state index contributed by atoms with van der Waals surface area (Å²) < 4.78 is 27.6. The Morgan fingerprint density at radius 3 is 2.72 bits per heavy atom. The van der Waals surface area contributed by atoms with E-state index in [1.165, 1.54) is 19.2 Å². The van der Waals surface area contributed by atoms with E-state index in [2.05, 4.69) is 30.9 Å². The molecular weight excluding hydrogens is 348 g/mol. The molecule has 6 nitrogen and oxygen atoms in total. The molecule has 0 bridgehead atoms. The second-order valence-electron chi connectivity index (χ2n) is 3.33. The first-order valence-electron chi connectivity index (χ1n) is 4.55. The first-order valence-corrected chi connectivity index (χ1v) is 7.65. The molecule has 0 saturated carbocycles. The summed E-state index contributed by atoms with van der Waals surface area (Å²) in [4.78, 5) is 11.3. The molecule has 0 aliphatic heterocycles. The van der Waals surface area contributed by atoms with Gasteiger partial charge in [0, 0.05) is 20.5 Å². The highest BCUT2D eigenvalue weighted by molar-refractivity contribution is 9.10. The third kappa shape index (κ3) is 2.23. The zero-order valence-electron chi connectivity index (χ0n) is 8.90. The molecule has 0 spiro atoms. The zero-order valence-corrected chi connectivity index (χ0v) is 12.1. The molecule has 0 aliphatic rings. The second-order valence-corrected chi connectivity index (χ2v) is 6.75. The average Bonchev–Trinajstić information content (AvgIpc) is 2.71. The van der Waals surface area contributed by atoms with Crippen LogP contribution in [0, 0.1) is 0 Å². The zero-order chi connectivity index (χ0) is 13.5. The lowest BCUT2D eigenvalue weighted by Crippen LogP contribution is -2.02. The van der Waals surface area contributed by atoms with E-state index in [1.807, 2.05) is 0 Å². The molecule has 0 radical (unpaired) electrons. The van der Waals surface area contributed by atoms with Crippen LogP contribution in [0.15, 0.2) is 21.5 Å². The van der Waals surface area contributed by atoms with Gasteiger partial charge < -0.3 is 4.74 Å². The van der Waals surface area contributed by atoms with E-state index >= 15 is 0 Å². The van der Waals surface area contributed by atoms with Crippen molar-refractivity contribution in [1.82, 2.24) is 10.2 Å². The molecule has 0 saturated heterocycles. The molecule has 18 heavy (non-hydrogen) atoms. The van der Waals surface area contributed by atoms with Crippen molar-refractivity contribution in [1.29, 1.82) is 0 Å². The summed E-state index contributed by atoms with van der Waals surface area (Å²) in [5.74, 6) is -0.669. The van der Waals surface area contributed by atoms with Gasteiger partial charge in [-0.05, 0) is 28.1 Å². The number of rotatable bonds is 2. The van der Waals surface area contributed by atoms with Crippen LogP contribution in [-0.2, 0) is 13.8 Å². The molecular formula is C9H6BrClN2O4S. The number of methoxy groups -OCH3 is 1. The van der Waals surface area contributed by atoms with Crippen molar-refractivity contribution in [3.63, 3.8) is 0 Å². The van der Waals surface area contributed by atoms with Crippen molar-refractivity contribution in [2.24, 2.45) is 0 Å². The van der Waals surface area contributed by atoms with E-state index in [9.17, 15) is 13.2 Å². The Balaban J connectivity index is 2.80. The molecule has 1 N–H and O–H groups in total. The SMILES string of the molecule is COC(=O)c1n[nH]c2c(Br)cc(S(=O)(=O)Cl)cc12. The fourth-order valence-electron chi connectivity index (χ4n) is 1.45. The van der Waals surface area contributed by atoms with Gasteiger partial charge in [-0.1, -0.05) is 0 Å². The molecule has 2 rings (SSSR count). The van der Waals surface area contributed by atoms with Gasteiger partial charge in [0.25, 0.3) is 9.05 Å². The third-order valence-corrected chi connectivity index (χ3v) is 4.22. The minimum Gasteiger partial charge on any atom is -0.464 e. The highest BCUT2D eigenvalue weighted by atomic mass is 79.9. The molecule has 9 heteroatoms. The number of nitrogens with one attached hydrogen (secondary N) is 1. The second kappa shape index (κ2) is 4.52. The van der Waals surface area contributed by atoms with Crippen molar-refractivity contribution < 1.29 is 17.9 Å². The van der Waals surface area contributed by atoms with Gasteiger partial charge in [-0.25, -0.2) is 13.2 Å². The number of carbonyl (C=O) groups is 1. The number of fused-ring (bicyclic) bond motifs is 1. The van der Waals surface area contributed by atoms with Crippen molar-refractivity contribution in [2.75, 3.05) is 7.11 Å². The number of aromatic amines is 1. The van der Waals surface area contributed by atoms with E-state index in [0.717, 1.165) is 0 Å². The van der Waals surface area contributed by atoms with Crippen molar-refractivity contribution in [2.45, 2.75) is 4.90 Å². The van der Waals surface area contributed by atoms with Crippen molar-refractivity contribution in [3.8, 4) is 0 Å². The molecule has 0 atom stereocenters. The molecule has 0 amide bonds. The number of ether oxygens (including phenoxy) is 1. The van der Waals surface area contributed by atoms with Crippen molar-refractivity contribution >= 4 is 52.5 Å². The van der Waals surface area contributed by atoms with E-state index in [1.54, 1.807) is 0 Å². The topological polar surface area (TPSA) is 89.1 Å². The number of hydrogen-bond acceptors (Lipinski definition) is 5. The predicted octanol–water partition coefficient (Wildman–Crippen LogP) is 2.04. The number of aromatic nitrogens is 2. The number of halogens is 2. The van der Waals surface area contributed by atoms with Crippen LogP contribution in [0.1, 0.15) is 10.5 Å². The Labute approximate surface area is 115 Å². The van der Waals surface area contributed by atoms with Gasteiger partial charge in [-0.15, -0.1) is 0 Å². The maximum atomic E-state index is 11.5. The van der Waals surface area contributed by atoms with Crippen LogP contribution in [-0.4, -0.2) is 31.7 Å². The maximum absolute atomic E-state index is 11.5. The summed E-state index contributed by atoms with van der Waals surface area (Å²) in [6.45, 7) is 0. The smallest absolute Gasteiger partial charge is 0.359 e. The van der Waals surface area contributed by atoms with E-state index in [4.69, 9.17) is 10.7 Å². The minimum atomic E-state index is -3.90. The van der Waals surface area contributed by atoms with Gasteiger partial charge in [0.2, 0.25) is 0 Å². The number of esters is 1. The molecule has 0 aliphatic carbocycles. The van der Waals surface area contributed by atoms with Crippen LogP contribution >= 0.6 is 26.6 Å².